The number of halogens is 3. The second-order valence-electron chi connectivity index (χ2n) is 3.81. The molecule has 0 saturated carbocycles. The number of pyridine rings is 1. The van der Waals surface area contributed by atoms with Crippen LogP contribution in [0, 0.1) is 0 Å². The van der Waals surface area contributed by atoms with Gasteiger partial charge in [0.25, 0.3) is 5.92 Å². The summed E-state index contributed by atoms with van der Waals surface area (Å²) in [5.41, 5.74) is 0.968. The Hall–Kier alpha value is -0.550. The molecular formula is C10H11BrF2N2. The van der Waals surface area contributed by atoms with Crippen LogP contribution in [0.15, 0.2) is 22.9 Å². The van der Waals surface area contributed by atoms with Crippen LogP contribution in [-0.2, 0) is 6.54 Å². The van der Waals surface area contributed by atoms with Crippen molar-refractivity contribution in [1.29, 1.82) is 0 Å². The zero-order chi connectivity index (χ0) is 10.9. The molecule has 0 radical (unpaired) electrons. The van der Waals surface area contributed by atoms with Crippen LogP contribution < -0.4 is 0 Å². The zero-order valence-electron chi connectivity index (χ0n) is 8.09. The van der Waals surface area contributed by atoms with Crippen molar-refractivity contribution in [2.45, 2.75) is 18.9 Å². The van der Waals surface area contributed by atoms with E-state index in [1.807, 2.05) is 12.1 Å². The van der Waals surface area contributed by atoms with Crippen LogP contribution in [0.5, 0.6) is 0 Å². The summed E-state index contributed by atoms with van der Waals surface area (Å²) in [6.45, 7) is 0.877. The van der Waals surface area contributed by atoms with E-state index in [0.717, 1.165) is 10.2 Å². The summed E-state index contributed by atoms with van der Waals surface area (Å²) in [5, 5.41) is 0. The fourth-order valence-electron chi connectivity index (χ4n) is 1.70. The Morgan fingerprint density at radius 2 is 2.27 bits per heavy atom. The number of hydrogen-bond acceptors (Lipinski definition) is 2. The van der Waals surface area contributed by atoms with Gasteiger partial charge in [0.15, 0.2) is 0 Å². The minimum Gasteiger partial charge on any atom is -0.293 e. The third-order valence-corrected chi connectivity index (χ3v) is 2.91. The summed E-state index contributed by atoms with van der Waals surface area (Å²) in [4.78, 5) is 5.81. The van der Waals surface area contributed by atoms with Crippen molar-refractivity contribution in [3.05, 3.63) is 28.5 Å². The van der Waals surface area contributed by atoms with Gasteiger partial charge in [-0.1, -0.05) is 6.07 Å². The minimum absolute atomic E-state index is 0.0308. The SMILES string of the molecule is FC1(F)CCN(Cc2ccc(Br)nc2)C1. The van der Waals surface area contributed by atoms with Gasteiger partial charge in [-0.2, -0.15) is 0 Å². The van der Waals surface area contributed by atoms with E-state index in [2.05, 4.69) is 20.9 Å². The van der Waals surface area contributed by atoms with Gasteiger partial charge in [0.1, 0.15) is 4.60 Å². The zero-order valence-corrected chi connectivity index (χ0v) is 9.67. The van der Waals surface area contributed by atoms with Crippen LogP contribution in [0.3, 0.4) is 0 Å². The molecule has 1 fully saturated rings. The lowest BCUT2D eigenvalue weighted by Gasteiger charge is -2.15. The summed E-state index contributed by atoms with van der Waals surface area (Å²) >= 11 is 3.23. The average molecular weight is 277 g/mol. The molecule has 0 aromatic carbocycles. The van der Waals surface area contributed by atoms with Crippen molar-refractivity contribution in [2.24, 2.45) is 0 Å². The van der Waals surface area contributed by atoms with Gasteiger partial charge in [0, 0.05) is 25.7 Å². The van der Waals surface area contributed by atoms with Gasteiger partial charge in [0.05, 0.1) is 6.54 Å². The summed E-state index contributed by atoms with van der Waals surface area (Å²) in [6, 6.07) is 3.72. The lowest BCUT2D eigenvalue weighted by Crippen LogP contribution is -2.24. The molecule has 82 valence electrons. The first-order valence-corrected chi connectivity index (χ1v) is 5.55. The second kappa shape index (κ2) is 4.14. The summed E-state index contributed by atoms with van der Waals surface area (Å²) in [5.74, 6) is -2.51. The summed E-state index contributed by atoms with van der Waals surface area (Å²) in [7, 11) is 0. The van der Waals surface area contributed by atoms with E-state index >= 15 is 0 Å². The molecule has 2 nitrogen and oxygen atoms in total. The first-order valence-electron chi connectivity index (χ1n) is 4.76. The van der Waals surface area contributed by atoms with Crippen LogP contribution in [0.1, 0.15) is 12.0 Å². The lowest BCUT2D eigenvalue weighted by molar-refractivity contribution is 0.0115. The van der Waals surface area contributed by atoms with Crippen molar-refractivity contribution in [1.82, 2.24) is 9.88 Å². The van der Waals surface area contributed by atoms with E-state index in [-0.39, 0.29) is 13.0 Å². The molecule has 1 aliphatic rings. The molecule has 5 heteroatoms. The normalized spacial score (nSPS) is 20.7. The van der Waals surface area contributed by atoms with E-state index in [1.54, 1.807) is 11.1 Å². The Morgan fingerprint density at radius 1 is 1.47 bits per heavy atom. The minimum atomic E-state index is -2.51. The fraction of sp³-hybridized carbons (Fsp3) is 0.500. The Bertz CT molecular complexity index is 340. The molecule has 0 atom stereocenters. The van der Waals surface area contributed by atoms with E-state index in [0.29, 0.717) is 13.1 Å². The molecule has 0 bridgehead atoms. The number of aromatic nitrogens is 1. The van der Waals surface area contributed by atoms with Gasteiger partial charge in [-0.25, -0.2) is 13.8 Å². The number of likely N-dealkylation sites (tertiary alicyclic amines) is 1. The van der Waals surface area contributed by atoms with Gasteiger partial charge >= 0.3 is 0 Å². The lowest BCUT2D eigenvalue weighted by atomic mass is 10.3. The van der Waals surface area contributed by atoms with Crippen molar-refractivity contribution >= 4 is 15.9 Å². The third-order valence-electron chi connectivity index (χ3n) is 2.44. The first kappa shape index (κ1) is 11.0. The molecule has 0 spiro atoms. The topological polar surface area (TPSA) is 16.1 Å². The maximum absolute atomic E-state index is 12.9. The van der Waals surface area contributed by atoms with E-state index < -0.39 is 5.92 Å². The average Bonchev–Trinajstić information content (AvgIpc) is 2.50. The van der Waals surface area contributed by atoms with Gasteiger partial charge in [-0.15, -0.1) is 0 Å². The molecule has 0 amide bonds. The highest BCUT2D eigenvalue weighted by atomic mass is 79.9. The Balaban J connectivity index is 1.96. The van der Waals surface area contributed by atoms with Gasteiger partial charge in [-0.05, 0) is 27.6 Å². The van der Waals surface area contributed by atoms with Crippen LogP contribution >= 0.6 is 15.9 Å². The van der Waals surface area contributed by atoms with Gasteiger partial charge in [-0.3, -0.25) is 4.90 Å². The molecule has 2 rings (SSSR count). The highest BCUT2D eigenvalue weighted by Gasteiger charge is 2.37. The molecular weight excluding hydrogens is 266 g/mol. The van der Waals surface area contributed by atoms with Gasteiger partial charge in [0.2, 0.25) is 0 Å². The molecule has 1 aromatic rings. The van der Waals surface area contributed by atoms with Crippen molar-refractivity contribution in [3.63, 3.8) is 0 Å². The number of alkyl halides is 2. The summed E-state index contributed by atoms with van der Waals surface area (Å²) < 4.78 is 26.6. The Morgan fingerprint density at radius 3 is 2.80 bits per heavy atom. The van der Waals surface area contributed by atoms with E-state index in [1.165, 1.54) is 0 Å². The smallest absolute Gasteiger partial charge is 0.261 e. The fourth-order valence-corrected chi connectivity index (χ4v) is 1.93. The largest absolute Gasteiger partial charge is 0.293 e. The molecule has 1 aliphatic heterocycles. The Labute approximate surface area is 95.4 Å². The van der Waals surface area contributed by atoms with Gasteiger partial charge < -0.3 is 0 Å². The molecule has 0 aliphatic carbocycles. The van der Waals surface area contributed by atoms with Crippen LogP contribution in [0.4, 0.5) is 8.78 Å². The molecule has 0 unspecified atom stereocenters. The van der Waals surface area contributed by atoms with Crippen molar-refractivity contribution < 1.29 is 8.78 Å². The first-order chi connectivity index (χ1) is 7.05. The number of hydrogen-bond donors (Lipinski definition) is 0. The highest BCUT2D eigenvalue weighted by molar-refractivity contribution is 9.10. The maximum atomic E-state index is 12.9. The number of rotatable bonds is 2. The molecule has 2 heterocycles. The Kier molecular flexibility index (Phi) is 3.02. The quantitative estimate of drug-likeness (QED) is 0.773. The van der Waals surface area contributed by atoms with E-state index in [9.17, 15) is 8.78 Å². The van der Waals surface area contributed by atoms with Crippen molar-refractivity contribution in [3.8, 4) is 0 Å². The summed E-state index contributed by atoms with van der Waals surface area (Å²) in [6.07, 6.45) is 1.68. The highest BCUT2D eigenvalue weighted by Crippen LogP contribution is 2.27. The maximum Gasteiger partial charge on any atom is 0.261 e. The second-order valence-corrected chi connectivity index (χ2v) is 4.62. The van der Waals surface area contributed by atoms with Crippen LogP contribution in [-0.4, -0.2) is 28.9 Å². The predicted molar refractivity (Wildman–Crippen MR) is 56.8 cm³/mol. The molecule has 0 N–H and O–H groups in total. The molecule has 15 heavy (non-hydrogen) atoms. The van der Waals surface area contributed by atoms with Crippen LogP contribution in [0.2, 0.25) is 0 Å². The molecule has 1 aromatic heterocycles. The monoisotopic (exact) mass is 276 g/mol. The third kappa shape index (κ3) is 2.95. The number of nitrogens with zero attached hydrogens (tertiary/aromatic N) is 2. The van der Waals surface area contributed by atoms with Crippen LogP contribution in [0.25, 0.3) is 0 Å². The predicted octanol–water partition coefficient (Wildman–Crippen LogP) is 2.69. The van der Waals surface area contributed by atoms with E-state index in [4.69, 9.17) is 0 Å². The van der Waals surface area contributed by atoms with Crippen molar-refractivity contribution in [2.75, 3.05) is 13.1 Å². The molecule has 1 saturated heterocycles. The standard InChI is InChI=1S/C10H11BrF2N2/c11-9-2-1-8(5-14-9)6-15-4-3-10(12,13)7-15/h1-2,5H,3-4,6-7H2.